The van der Waals surface area contributed by atoms with Crippen molar-refractivity contribution in [2.75, 3.05) is 11.9 Å². The monoisotopic (exact) mass is 294 g/mol. The van der Waals surface area contributed by atoms with E-state index in [4.69, 9.17) is 22.7 Å². The van der Waals surface area contributed by atoms with Gasteiger partial charge >= 0.3 is 0 Å². The summed E-state index contributed by atoms with van der Waals surface area (Å²) in [5.41, 5.74) is 7.03. The third-order valence-corrected chi connectivity index (χ3v) is 3.12. The zero-order valence-corrected chi connectivity index (χ0v) is 12.8. The fourth-order valence-corrected chi connectivity index (χ4v) is 1.92. The average Bonchev–Trinajstić information content (AvgIpc) is 2.39. The Morgan fingerprint density at radius 2 is 2.05 bits per heavy atom. The van der Waals surface area contributed by atoms with Crippen molar-refractivity contribution in [3.63, 3.8) is 0 Å². The van der Waals surface area contributed by atoms with Gasteiger partial charge in [-0.3, -0.25) is 4.79 Å². The van der Waals surface area contributed by atoms with E-state index in [1.54, 1.807) is 24.3 Å². The molecule has 0 aliphatic heterocycles. The SMILES string of the molecule is CCCC(C)OCCC(=O)Nc1ccc(C(N)=S)cc1. The first kappa shape index (κ1) is 16.6. The van der Waals surface area contributed by atoms with Crippen LogP contribution in [0.1, 0.15) is 38.7 Å². The second-order valence-corrected chi connectivity index (χ2v) is 5.15. The number of amides is 1. The molecule has 4 nitrogen and oxygen atoms in total. The number of rotatable bonds is 8. The highest BCUT2D eigenvalue weighted by atomic mass is 32.1. The van der Waals surface area contributed by atoms with Crippen molar-refractivity contribution in [2.45, 2.75) is 39.2 Å². The Labute approximate surface area is 125 Å². The predicted molar refractivity (Wildman–Crippen MR) is 85.9 cm³/mol. The first-order chi connectivity index (χ1) is 9.52. The van der Waals surface area contributed by atoms with Gasteiger partial charge in [0.2, 0.25) is 5.91 Å². The number of ether oxygens (including phenoxy) is 1. The van der Waals surface area contributed by atoms with E-state index in [1.807, 2.05) is 6.92 Å². The van der Waals surface area contributed by atoms with Gasteiger partial charge in [-0.05, 0) is 37.6 Å². The molecule has 110 valence electrons. The molecule has 0 bridgehead atoms. The molecule has 1 aromatic carbocycles. The summed E-state index contributed by atoms with van der Waals surface area (Å²) < 4.78 is 5.55. The van der Waals surface area contributed by atoms with Crippen LogP contribution in [0, 0.1) is 0 Å². The fraction of sp³-hybridized carbons (Fsp3) is 0.467. The molecular formula is C15H22N2O2S. The molecule has 0 heterocycles. The molecule has 20 heavy (non-hydrogen) atoms. The van der Waals surface area contributed by atoms with Gasteiger partial charge in [-0.25, -0.2) is 0 Å². The van der Waals surface area contributed by atoms with Gasteiger partial charge in [0.05, 0.1) is 19.1 Å². The lowest BCUT2D eigenvalue weighted by atomic mass is 10.2. The zero-order valence-electron chi connectivity index (χ0n) is 12.0. The van der Waals surface area contributed by atoms with Crippen LogP contribution in [0.2, 0.25) is 0 Å². The van der Waals surface area contributed by atoms with Crippen LogP contribution < -0.4 is 11.1 Å². The van der Waals surface area contributed by atoms with E-state index in [9.17, 15) is 4.79 Å². The molecule has 0 saturated heterocycles. The Kier molecular flexibility index (Phi) is 7.18. The summed E-state index contributed by atoms with van der Waals surface area (Å²) in [6.45, 7) is 4.58. The molecule has 1 atom stereocenters. The molecule has 1 rings (SSSR count). The van der Waals surface area contributed by atoms with E-state index < -0.39 is 0 Å². The topological polar surface area (TPSA) is 64.3 Å². The largest absolute Gasteiger partial charge is 0.389 e. The Morgan fingerprint density at radius 1 is 1.40 bits per heavy atom. The molecule has 1 amide bonds. The molecule has 3 N–H and O–H groups in total. The van der Waals surface area contributed by atoms with Gasteiger partial charge in [-0.2, -0.15) is 0 Å². The van der Waals surface area contributed by atoms with Crippen molar-refractivity contribution in [1.29, 1.82) is 0 Å². The third kappa shape index (κ3) is 6.12. The molecule has 1 unspecified atom stereocenters. The standard InChI is InChI=1S/C15H22N2O2S/c1-3-4-11(2)19-10-9-14(18)17-13-7-5-12(6-8-13)15(16)20/h5-8,11H,3-4,9-10H2,1-2H3,(H2,16,20)(H,17,18). The van der Waals surface area contributed by atoms with Crippen LogP contribution in [0.4, 0.5) is 5.69 Å². The maximum atomic E-state index is 11.7. The lowest BCUT2D eigenvalue weighted by molar-refractivity contribution is -0.117. The minimum atomic E-state index is -0.0585. The molecule has 0 aromatic heterocycles. The summed E-state index contributed by atoms with van der Waals surface area (Å²) in [6.07, 6.45) is 2.66. The Hall–Kier alpha value is -1.46. The third-order valence-electron chi connectivity index (χ3n) is 2.88. The number of nitrogens with one attached hydrogen (secondary N) is 1. The van der Waals surface area contributed by atoms with Gasteiger partial charge in [0, 0.05) is 11.3 Å². The maximum absolute atomic E-state index is 11.7. The van der Waals surface area contributed by atoms with Crippen LogP contribution in [-0.2, 0) is 9.53 Å². The molecule has 0 aliphatic carbocycles. The molecule has 0 spiro atoms. The van der Waals surface area contributed by atoms with Gasteiger partial charge in [0.1, 0.15) is 4.99 Å². The van der Waals surface area contributed by atoms with E-state index in [2.05, 4.69) is 12.2 Å². The molecule has 0 radical (unpaired) electrons. The minimum absolute atomic E-state index is 0.0585. The summed E-state index contributed by atoms with van der Waals surface area (Å²) in [6, 6.07) is 7.15. The summed E-state index contributed by atoms with van der Waals surface area (Å²) in [5.74, 6) is -0.0585. The number of anilines is 1. The zero-order chi connectivity index (χ0) is 15.0. The van der Waals surface area contributed by atoms with Crippen molar-refractivity contribution < 1.29 is 9.53 Å². The van der Waals surface area contributed by atoms with E-state index in [0.717, 1.165) is 24.1 Å². The number of benzene rings is 1. The highest BCUT2D eigenvalue weighted by molar-refractivity contribution is 7.80. The van der Waals surface area contributed by atoms with Gasteiger partial charge < -0.3 is 15.8 Å². The first-order valence-corrected chi connectivity index (χ1v) is 7.25. The van der Waals surface area contributed by atoms with E-state index >= 15 is 0 Å². The van der Waals surface area contributed by atoms with Gasteiger partial charge in [-0.15, -0.1) is 0 Å². The summed E-state index contributed by atoms with van der Waals surface area (Å²) in [4.78, 5) is 12.1. The molecular weight excluding hydrogens is 272 g/mol. The summed E-state index contributed by atoms with van der Waals surface area (Å²) >= 11 is 4.87. The molecule has 0 aliphatic rings. The maximum Gasteiger partial charge on any atom is 0.226 e. The van der Waals surface area contributed by atoms with Crippen LogP contribution in [0.3, 0.4) is 0 Å². The van der Waals surface area contributed by atoms with E-state index in [1.165, 1.54) is 0 Å². The average molecular weight is 294 g/mol. The van der Waals surface area contributed by atoms with Crippen LogP contribution in [-0.4, -0.2) is 23.6 Å². The first-order valence-electron chi connectivity index (χ1n) is 6.84. The number of hydrogen-bond donors (Lipinski definition) is 2. The van der Waals surface area contributed by atoms with Gasteiger partial charge in [0.25, 0.3) is 0 Å². The summed E-state index contributed by atoms with van der Waals surface area (Å²) in [5, 5.41) is 2.81. The van der Waals surface area contributed by atoms with E-state index in [0.29, 0.717) is 18.0 Å². The van der Waals surface area contributed by atoms with Crippen molar-refractivity contribution in [3.05, 3.63) is 29.8 Å². The van der Waals surface area contributed by atoms with E-state index in [-0.39, 0.29) is 12.0 Å². The fourth-order valence-electron chi connectivity index (χ4n) is 1.78. The normalized spacial score (nSPS) is 11.9. The Morgan fingerprint density at radius 3 is 2.60 bits per heavy atom. The molecule has 5 heteroatoms. The quantitative estimate of drug-likeness (QED) is 0.724. The van der Waals surface area contributed by atoms with Crippen molar-refractivity contribution >= 4 is 28.8 Å². The van der Waals surface area contributed by atoms with Crippen LogP contribution in [0.15, 0.2) is 24.3 Å². The van der Waals surface area contributed by atoms with Crippen molar-refractivity contribution in [3.8, 4) is 0 Å². The molecule has 0 fully saturated rings. The lowest BCUT2D eigenvalue weighted by Gasteiger charge is -2.11. The highest BCUT2D eigenvalue weighted by Crippen LogP contribution is 2.10. The van der Waals surface area contributed by atoms with Crippen molar-refractivity contribution in [2.24, 2.45) is 5.73 Å². The second-order valence-electron chi connectivity index (χ2n) is 4.71. The Balaban J connectivity index is 2.33. The van der Waals surface area contributed by atoms with Gasteiger partial charge in [-0.1, -0.05) is 25.6 Å². The van der Waals surface area contributed by atoms with Crippen LogP contribution in [0.5, 0.6) is 0 Å². The number of carbonyl (C=O) groups is 1. The Bertz CT molecular complexity index is 446. The van der Waals surface area contributed by atoms with Crippen LogP contribution >= 0.6 is 12.2 Å². The molecule has 1 aromatic rings. The lowest BCUT2D eigenvalue weighted by Crippen LogP contribution is -2.17. The smallest absolute Gasteiger partial charge is 0.226 e. The van der Waals surface area contributed by atoms with Crippen molar-refractivity contribution in [1.82, 2.24) is 0 Å². The number of carbonyl (C=O) groups excluding carboxylic acids is 1. The number of thiocarbonyl (C=S) groups is 1. The predicted octanol–water partition coefficient (Wildman–Crippen LogP) is 2.85. The number of nitrogens with two attached hydrogens (primary N) is 1. The summed E-state index contributed by atoms with van der Waals surface area (Å²) in [7, 11) is 0. The molecule has 0 saturated carbocycles. The van der Waals surface area contributed by atoms with Gasteiger partial charge in [0.15, 0.2) is 0 Å². The van der Waals surface area contributed by atoms with Crippen LogP contribution in [0.25, 0.3) is 0 Å². The number of hydrogen-bond acceptors (Lipinski definition) is 3. The second kappa shape index (κ2) is 8.66. The minimum Gasteiger partial charge on any atom is -0.389 e. The highest BCUT2D eigenvalue weighted by Gasteiger charge is 2.05.